The molecule has 5 nitrogen and oxygen atoms in total. The monoisotopic (exact) mass is 383 g/mol. The van der Waals surface area contributed by atoms with Crippen LogP contribution in [0.25, 0.3) is 10.8 Å². The molecule has 138 valence electrons. The number of carbonyl (C=O) groups is 2. The number of hydrogen-bond donors (Lipinski definition) is 0. The third kappa shape index (κ3) is 4.04. The number of benzene rings is 3. The SMILES string of the molecule is CCOC(=O)N(C)c1ccc2ccccc2c1OC(=O)c1ccc(Cl)cc1. The van der Waals surface area contributed by atoms with Gasteiger partial charge in [-0.15, -0.1) is 0 Å². The maximum Gasteiger partial charge on any atom is 0.414 e. The molecule has 0 saturated heterocycles. The maximum atomic E-state index is 12.6. The average molecular weight is 384 g/mol. The van der Waals surface area contributed by atoms with E-state index >= 15 is 0 Å². The lowest BCUT2D eigenvalue weighted by molar-refractivity contribution is 0.0737. The third-order valence-electron chi connectivity index (χ3n) is 4.04. The second-order valence-electron chi connectivity index (χ2n) is 5.79. The molecule has 1 amide bonds. The molecule has 3 rings (SSSR count). The van der Waals surface area contributed by atoms with Gasteiger partial charge in [0.05, 0.1) is 17.9 Å². The van der Waals surface area contributed by atoms with Crippen molar-refractivity contribution < 1.29 is 19.1 Å². The quantitative estimate of drug-likeness (QED) is 0.453. The number of amides is 1. The van der Waals surface area contributed by atoms with Crippen molar-refractivity contribution in [1.29, 1.82) is 0 Å². The highest BCUT2D eigenvalue weighted by Crippen LogP contribution is 2.36. The van der Waals surface area contributed by atoms with Crippen LogP contribution in [0.5, 0.6) is 5.75 Å². The molecule has 0 atom stereocenters. The first-order valence-corrected chi connectivity index (χ1v) is 8.79. The van der Waals surface area contributed by atoms with Gasteiger partial charge in [0.15, 0.2) is 5.75 Å². The molecule has 0 aliphatic heterocycles. The molecular formula is C21H18ClNO4. The van der Waals surface area contributed by atoms with Gasteiger partial charge in [0.2, 0.25) is 0 Å². The van der Waals surface area contributed by atoms with Crippen LogP contribution in [-0.2, 0) is 4.74 Å². The fraction of sp³-hybridized carbons (Fsp3) is 0.143. The van der Waals surface area contributed by atoms with Crippen LogP contribution < -0.4 is 9.64 Å². The predicted octanol–water partition coefficient (Wildman–Crippen LogP) is 5.31. The molecule has 0 bridgehead atoms. The van der Waals surface area contributed by atoms with Gasteiger partial charge in [-0.05, 0) is 42.6 Å². The number of hydrogen-bond acceptors (Lipinski definition) is 4. The fourth-order valence-electron chi connectivity index (χ4n) is 2.66. The second kappa shape index (κ2) is 8.10. The molecule has 6 heteroatoms. The van der Waals surface area contributed by atoms with Gasteiger partial charge in [0.25, 0.3) is 0 Å². The fourth-order valence-corrected chi connectivity index (χ4v) is 2.79. The molecule has 0 saturated carbocycles. The average Bonchev–Trinajstić information content (AvgIpc) is 2.68. The Balaban J connectivity index is 2.05. The van der Waals surface area contributed by atoms with Crippen molar-refractivity contribution in [2.24, 2.45) is 0 Å². The molecule has 0 heterocycles. The Labute approximate surface area is 162 Å². The van der Waals surface area contributed by atoms with E-state index in [1.165, 1.54) is 4.90 Å². The summed E-state index contributed by atoms with van der Waals surface area (Å²) in [6, 6.07) is 17.5. The molecule has 0 spiro atoms. The van der Waals surface area contributed by atoms with Gasteiger partial charge in [-0.2, -0.15) is 0 Å². The van der Waals surface area contributed by atoms with E-state index in [4.69, 9.17) is 21.1 Å². The minimum absolute atomic E-state index is 0.247. The van der Waals surface area contributed by atoms with Crippen LogP contribution in [0, 0.1) is 0 Å². The van der Waals surface area contributed by atoms with E-state index in [2.05, 4.69) is 0 Å². The summed E-state index contributed by atoms with van der Waals surface area (Å²) in [5.74, 6) is -0.245. The number of nitrogens with zero attached hydrogens (tertiary/aromatic N) is 1. The normalized spacial score (nSPS) is 10.5. The summed E-state index contributed by atoms with van der Waals surface area (Å²) in [5, 5.41) is 2.13. The van der Waals surface area contributed by atoms with E-state index in [9.17, 15) is 9.59 Å². The first-order valence-electron chi connectivity index (χ1n) is 8.41. The van der Waals surface area contributed by atoms with Crippen LogP contribution in [0.3, 0.4) is 0 Å². The first-order chi connectivity index (χ1) is 13.0. The Morgan fingerprint density at radius 2 is 1.70 bits per heavy atom. The summed E-state index contributed by atoms with van der Waals surface area (Å²) < 4.78 is 10.8. The Morgan fingerprint density at radius 1 is 1.00 bits per heavy atom. The zero-order valence-corrected chi connectivity index (χ0v) is 15.7. The van der Waals surface area contributed by atoms with Crippen LogP contribution >= 0.6 is 11.6 Å². The zero-order chi connectivity index (χ0) is 19.4. The highest BCUT2D eigenvalue weighted by atomic mass is 35.5. The van der Waals surface area contributed by atoms with E-state index in [0.29, 0.717) is 27.4 Å². The van der Waals surface area contributed by atoms with E-state index in [0.717, 1.165) is 5.39 Å². The molecular weight excluding hydrogens is 366 g/mol. The molecule has 0 aromatic heterocycles. The van der Waals surface area contributed by atoms with Crippen LogP contribution in [0.4, 0.5) is 10.5 Å². The van der Waals surface area contributed by atoms with Gasteiger partial charge in [0.1, 0.15) is 0 Å². The molecule has 0 aliphatic rings. The molecule has 0 aliphatic carbocycles. The molecule has 0 unspecified atom stereocenters. The number of carbonyl (C=O) groups excluding carboxylic acids is 2. The molecule has 3 aromatic rings. The summed E-state index contributed by atoms with van der Waals surface area (Å²) in [6.45, 7) is 1.98. The maximum absolute atomic E-state index is 12.6. The Hall–Kier alpha value is -3.05. The number of ether oxygens (including phenoxy) is 2. The highest BCUT2D eigenvalue weighted by molar-refractivity contribution is 6.30. The molecule has 0 N–H and O–H groups in total. The van der Waals surface area contributed by atoms with Gasteiger partial charge in [-0.1, -0.05) is 41.9 Å². The summed E-state index contributed by atoms with van der Waals surface area (Å²) in [4.78, 5) is 26.1. The van der Waals surface area contributed by atoms with Crippen molar-refractivity contribution >= 4 is 40.1 Å². The largest absolute Gasteiger partial charge is 0.449 e. The van der Waals surface area contributed by atoms with Gasteiger partial charge in [0, 0.05) is 17.5 Å². The van der Waals surface area contributed by atoms with Gasteiger partial charge >= 0.3 is 12.1 Å². The number of rotatable bonds is 4. The van der Waals surface area contributed by atoms with Gasteiger partial charge in [-0.25, -0.2) is 9.59 Å². The summed E-state index contributed by atoms with van der Waals surface area (Å²) in [5.41, 5.74) is 0.798. The van der Waals surface area contributed by atoms with E-state index in [1.54, 1.807) is 44.3 Å². The lowest BCUT2D eigenvalue weighted by Crippen LogP contribution is -2.28. The molecule has 27 heavy (non-hydrogen) atoms. The van der Waals surface area contributed by atoms with Crippen LogP contribution in [0.2, 0.25) is 5.02 Å². The van der Waals surface area contributed by atoms with Crippen LogP contribution in [0.1, 0.15) is 17.3 Å². The lowest BCUT2D eigenvalue weighted by Gasteiger charge is -2.21. The van der Waals surface area contributed by atoms with Crippen molar-refractivity contribution in [3.8, 4) is 5.75 Å². The minimum Gasteiger partial charge on any atom is -0.449 e. The van der Waals surface area contributed by atoms with Crippen molar-refractivity contribution in [2.45, 2.75) is 6.92 Å². The Bertz CT molecular complexity index is 985. The van der Waals surface area contributed by atoms with Crippen molar-refractivity contribution in [2.75, 3.05) is 18.6 Å². The topological polar surface area (TPSA) is 55.8 Å². The Morgan fingerprint density at radius 3 is 2.41 bits per heavy atom. The smallest absolute Gasteiger partial charge is 0.414 e. The third-order valence-corrected chi connectivity index (χ3v) is 4.29. The minimum atomic E-state index is -0.540. The van der Waals surface area contributed by atoms with Gasteiger partial charge in [-0.3, -0.25) is 4.90 Å². The zero-order valence-electron chi connectivity index (χ0n) is 14.9. The van der Waals surface area contributed by atoms with Crippen LogP contribution in [0.15, 0.2) is 60.7 Å². The van der Waals surface area contributed by atoms with Crippen molar-refractivity contribution in [3.05, 3.63) is 71.2 Å². The molecule has 3 aromatic carbocycles. The number of fused-ring (bicyclic) bond motifs is 1. The number of halogens is 1. The van der Waals surface area contributed by atoms with E-state index < -0.39 is 12.1 Å². The summed E-state index contributed by atoms with van der Waals surface area (Å²) in [6.07, 6.45) is -0.531. The predicted molar refractivity (Wildman–Crippen MR) is 106 cm³/mol. The van der Waals surface area contributed by atoms with Crippen molar-refractivity contribution in [3.63, 3.8) is 0 Å². The first kappa shape index (κ1) is 18.7. The lowest BCUT2D eigenvalue weighted by atomic mass is 10.1. The van der Waals surface area contributed by atoms with E-state index in [-0.39, 0.29) is 6.61 Å². The van der Waals surface area contributed by atoms with Crippen LogP contribution in [-0.4, -0.2) is 25.7 Å². The summed E-state index contributed by atoms with van der Waals surface area (Å²) in [7, 11) is 1.57. The molecule has 0 fully saturated rings. The highest BCUT2D eigenvalue weighted by Gasteiger charge is 2.21. The second-order valence-corrected chi connectivity index (χ2v) is 6.23. The number of esters is 1. The molecule has 0 radical (unpaired) electrons. The number of anilines is 1. The standard InChI is InChI=1S/C21H18ClNO4/c1-3-26-21(25)23(2)18-13-10-14-6-4-5-7-17(14)19(18)27-20(24)15-8-11-16(22)12-9-15/h4-13H,3H2,1-2H3. The van der Waals surface area contributed by atoms with Crippen molar-refractivity contribution in [1.82, 2.24) is 0 Å². The van der Waals surface area contributed by atoms with Gasteiger partial charge < -0.3 is 9.47 Å². The van der Waals surface area contributed by atoms with E-state index in [1.807, 2.05) is 30.3 Å². The Kier molecular flexibility index (Phi) is 5.62. The summed E-state index contributed by atoms with van der Waals surface area (Å²) >= 11 is 5.88.